The molecule has 0 radical (unpaired) electrons. The Balaban J connectivity index is 0.825. The summed E-state index contributed by atoms with van der Waals surface area (Å²) in [5.41, 5.74) is 3.71. The molecule has 0 atom stereocenters. The Kier molecular flexibility index (Phi) is 17.9. The molecule has 1 aliphatic heterocycles. The molecular formula is C43H51F3IN7O8S. The Morgan fingerprint density at radius 2 is 1.52 bits per heavy atom. The second kappa shape index (κ2) is 23.5. The number of Topliss-reactive ketones (excluding diaryl/α,β-unsaturated/α-hetero) is 1. The molecule has 6 rings (SSSR count). The molecule has 1 amide bonds. The molecule has 0 unspecified atom stereocenters. The number of benzene rings is 3. The van der Waals surface area contributed by atoms with Gasteiger partial charge >= 0.3 is 0 Å². The van der Waals surface area contributed by atoms with Crippen LogP contribution in [0.15, 0.2) is 60.8 Å². The summed E-state index contributed by atoms with van der Waals surface area (Å²) in [6.45, 7) is 5.45. The maximum atomic E-state index is 14.6. The number of hydrogen-bond donors (Lipinski definition) is 3. The molecule has 2 aliphatic rings. The van der Waals surface area contributed by atoms with E-state index in [4.69, 9.17) is 24.0 Å². The number of halogens is 4. The number of carbonyl (C=O) groups is 2. The van der Waals surface area contributed by atoms with Gasteiger partial charge < -0.3 is 29.7 Å². The molecule has 0 spiro atoms. The van der Waals surface area contributed by atoms with E-state index in [1.165, 1.54) is 12.1 Å². The second-order valence-corrected chi connectivity index (χ2v) is 18.3. The van der Waals surface area contributed by atoms with E-state index in [0.717, 1.165) is 36.2 Å². The highest BCUT2D eigenvalue weighted by atomic mass is 127. The van der Waals surface area contributed by atoms with E-state index in [1.807, 2.05) is 46.9 Å². The van der Waals surface area contributed by atoms with Gasteiger partial charge in [-0.1, -0.05) is 12.1 Å². The Bertz CT molecular complexity index is 2290. The van der Waals surface area contributed by atoms with Crippen molar-refractivity contribution in [1.82, 2.24) is 19.8 Å². The van der Waals surface area contributed by atoms with Crippen LogP contribution in [-0.4, -0.2) is 119 Å². The van der Waals surface area contributed by atoms with Crippen molar-refractivity contribution in [2.75, 3.05) is 93.7 Å². The van der Waals surface area contributed by atoms with Crippen molar-refractivity contribution in [3.05, 3.63) is 104 Å². The average molecular weight is 1010 g/mol. The van der Waals surface area contributed by atoms with Crippen LogP contribution in [0.2, 0.25) is 0 Å². The highest BCUT2D eigenvalue weighted by Crippen LogP contribution is 2.29. The van der Waals surface area contributed by atoms with Crippen LogP contribution >= 0.6 is 22.6 Å². The zero-order valence-corrected chi connectivity index (χ0v) is 37.8. The standard InChI is InChI=1S/C43H51F3IN7O8S/c1-2-63(57,58)54-17-15-53(16-18-54)32-10-5-29(6-11-32)26-39-48-28-34(42(51-39)49-31-8-9-31)38(55)4-3-19-59-20-21-60-22-23-61-24-25-62-52-43(56)33-12-13-35(44)40(46)41(33)50-37-14-7-30(47)27-36(37)45/h5-7,10-14,27-28,31,50H,2-4,8-9,15-26H2,1H3,(H,52,56)(H,48,49,51). The zero-order valence-electron chi connectivity index (χ0n) is 34.8. The van der Waals surface area contributed by atoms with Gasteiger partial charge in [0.25, 0.3) is 5.91 Å². The first-order valence-electron chi connectivity index (χ1n) is 20.7. The third kappa shape index (κ3) is 14.3. The zero-order chi connectivity index (χ0) is 44.8. The Morgan fingerprint density at radius 3 is 2.19 bits per heavy atom. The van der Waals surface area contributed by atoms with Gasteiger partial charge in [-0.3, -0.25) is 14.4 Å². The number of rotatable bonds is 25. The number of hydrogen-bond acceptors (Lipinski definition) is 13. The van der Waals surface area contributed by atoms with Crippen molar-refractivity contribution < 1.29 is 50.2 Å². The first-order chi connectivity index (χ1) is 30.4. The van der Waals surface area contributed by atoms with Crippen LogP contribution in [-0.2, 0) is 35.5 Å². The summed E-state index contributed by atoms with van der Waals surface area (Å²) in [6.07, 6.45) is 4.93. The molecule has 20 heteroatoms. The van der Waals surface area contributed by atoms with Gasteiger partial charge in [-0.15, -0.1) is 0 Å². The van der Waals surface area contributed by atoms with Gasteiger partial charge in [-0.05, 0) is 96.8 Å². The molecular weight excluding hydrogens is 958 g/mol. The maximum absolute atomic E-state index is 14.6. The Hall–Kier alpha value is -4.45. The lowest BCUT2D eigenvalue weighted by molar-refractivity contribution is -0.0200. The second-order valence-electron chi connectivity index (χ2n) is 14.8. The average Bonchev–Trinajstić information content (AvgIpc) is 4.10. The van der Waals surface area contributed by atoms with E-state index in [0.29, 0.717) is 85.7 Å². The fraction of sp³-hybridized carbons (Fsp3) is 0.442. The number of hydroxylamine groups is 1. The monoisotopic (exact) mass is 1010 g/mol. The smallest absolute Gasteiger partial charge is 0.277 e. The number of nitrogens with zero attached hydrogens (tertiary/aromatic N) is 4. The SMILES string of the molecule is CCS(=O)(=O)N1CCN(c2ccc(Cc3ncc(C(=O)CCCOCCOCCOCCONC(=O)c4ccc(F)c(F)c4Nc4ccc(I)cc4F)c(NC4CC4)n3)cc2)CC1. The first-order valence-corrected chi connectivity index (χ1v) is 23.4. The number of ether oxygens (including phenoxy) is 3. The number of sulfonamides is 1. The van der Waals surface area contributed by atoms with Crippen LogP contribution in [0, 0.1) is 21.0 Å². The number of piperazine rings is 1. The van der Waals surface area contributed by atoms with Crippen LogP contribution in [0.25, 0.3) is 0 Å². The summed E-state index contributed by atoms with van der Waals surface area (Å²) in [4.78, 5) is 42.5. The predicted molar refractivity (Wildman–Crippen MR) is 239 cm³/mol. The van der Waals surface area contributed by atoms with Crippen LogP contribution in [0.1, 0.15) is 64.7 Å². The molecule has 1 aliphatic carbocycles. The first kappa shape index (κ1) is 48.0. The van der Waals surface area contributed by atoms with Gasteiger partial charge in [-0.25, -0.2) is 37.0 Å². The lowest BCUT2D eigenvalue weighted by Gasteiger charge is -2.35. The number of nitrogens with one attached hydrogen (secondary N) is 3. The van der Waals surface area contributed by atoms with E-state index in [-0.39, 0.29) is 55.6 Å². The topological polar surface area (TPSA) is 174 Å². The quantitative estimate of drug-likeness (QED) is 0.0295. The van der Waals surface area contributed by atoms with Crippen molar-refractivity contribution in [3.8, 4) is 0 Å². The summed E-state index contributed by atoms with van der Waals surface area (Å²) in [6, 6.07) is 14.4. The highest BCUT2D eigenvalue weighted by molar-refractivity contribution is 14.1. The van der Waals surface area contributed by atoms with Gasteiger partial charge in [0, 0.05) is 67.1 Å². The van der Waals surface area contributed by atoms with Gasteiger partial charge in [-0.2, -0.15) is 4.31 Å². The number of amides is 1. The van der Waals surface area contributed by atoms with Crippen molar-refractivity contribution in [1.29, 1.82) is 0 Å². The van der Waals surface area contributed by atoms with E-state index >= 15 is 0 Å². The fourth-order valence-corrected chi connectivity index (χ4v) is 8.06. The molecule has 3 aromatic carbocycles. The van der Waals surface area contributed by atoms with Crippen molar-refractivity contribution in [2.24, 2.45) is 0 Å². The number of anilines is 4. The van der Waals surface area contributed by atoms with Gasteiger partial charge in [0.15, 0.2) is 17.4 Å². The maximum Gasteiger partial charge on any atom is 0.277 e. The molecule has 63 heavy (non-hydrogen) atoms. The minimum Gasteiger partial charge on any atom is -0.379 e. The summed E-state index contributed by atoms with van der Waals surface area (Å²) in [5, 5.41) is 5.85. The molecule has 340 valence electrons. The minimum absolute atomic E-state index is 0.0487. The van der Waals surface area contributed by atoms with Crippen molar-refractivity contribution in [2.45, 2.75) is 45.1 Å². The number of aromatic nitrogens is 2. The van der Waals surface area contributed by atoms with Crippen LogP contribution in [0.5, 0.6) is 0 Å². The van der Waals surface area contributed by atoms with E-state index < -0.39 is 39.1 Å². The van der Waals surface area contributed by atoms with Crippen LogP contribution in [0.4, 0.5) is 36.1 Å². The molecule has 2 fully saturated rings. The normalized spacial score (nSPS) is 14.5. The summed E-state index contributed by atoms with van der Waals surface area (Å²) in [7, 11) is -3.18. The van der Waals surface area contributed by atoms with E-state index in [2.05, 4.69) is 26.0 Å². The molecule has 1 aromatic heterocycles. The highest BCUT2D eigenvalue weighted by Gasteiger charge is 2.27. The minimum atomic E-state index is -3.18. The predicted octanol–water partition coefficient (Wildman–Crippen LogP) is 6.25. The van der Waals surface area contributed by atoms with Crippen molar-refractivity contribution in [3.63, 3.8) is 0 Å². The molecule has 15 nitrogen and oxygen atoms in total. The molecule has 2 heterocycles. The molecule has 4 aromatic rings. The van der Waals surface area contributed by atoms with Crippen LogP contribution in [0.3, 0.4) is 0 Å². The summed E-state index contributed by atoms with van der Waals surface area (Å²) >= 11 is 1.91. The van der Waals surface area contributed by atoms with E-state index in [1.54, 1.807) is 23.5 Å². The Labute approximate surface area is 378 Å². The molecule has 3 N–H and O–H groups in total. The van der Waals surface area contributed by atoms with Gasteiger partial charge in [0.2, 0.25) is 10.0 Å². The third-order valence-electron chi connectivity index (χ3n) is 10.2. The molecule has 1 saturated carbocycles. The largest absolute Gasteiger partial charge is 0.379 e. The van der Waals surface area contributed by atoms with Gasteiger partial charge in [0.1, 0.15) is 17.5 Å². The molecule has 1 saturated heterocycles. The number of carbonyl (C=O) groups excluding carboxylic acids is 2. The van der Waals surface area contributed by atoms with Gasteiger partial charge in [0.05, 0.1) is 67.9 Å². The number of ketones is 1. The van der Waals surface area contributed by atoms with Crippen LogP contribution < -0.4 is 21.0 Å². The summed E-state index contributed by atoms with van der Waals surface area (Å²) < 4.78 is 86.1. The lowest BCUT2D eigenvalue weighted by atomic mass is 10.1. The third-order valence-corrected chi connectivity index (χ3v) is 12.7. The van der Waals surface area contributed by atoms with E-state index in [9.17, 15) is 31.2 Å². The molecule has 0 bridgehead atoms. The van der Waals surface area contributed by atoms with Crippen molar-refractivity contribution >= 4 is 67.2 Å². The fourth-order valence-electron chi connectivity index (χ4n) is 6.52. The Morgan fingerprint density at radius 1 is 0.841 bits per heavy atom. The summed E-state index contributed by atoms with van der Waals surface area (Å²) in [5.74, 6) is -2.93. The lowest BCUT2D eigenvalue weighted by Crippen LogP contribution is -2.49.